The molecule has 2 rings (SSSR count). The lowest BCUT2D eigenvalue weighted by atomic mass is 10.1. The molecule has 4 heteroatoms. The van der Waals surface area contributed by atoms with Crippen molar-refractivity contribution in [2.24, 2.45) is 0 Å². The maximum absolute atomic E-state index is 12.1. The Morgan fingerprint density at radius 1 is 1.17 bits per heavy atom. The molecule has 0 spiro atoms. The molecule has 1 aromatic carbocycles. The van der Waals surface area contributed by atoms with Crippen LogP contribution in [0.4, 0.5) is 0 Å². The zero-order valence-corrected chi connectivity index (χ0v) is 10.3. The first kappa shape index (κ1) is 12.2. The predicted molar refractivity (Wildman–Crippen MR) is 67.7 cm³/mol. The lowest BCUT2D eigenvalue weighted by Crippen LogP contribution is -2.08. The van der Waals surface area contributed by atoms with Gasteiger partial charge in [0.1, 0.15) is 5.75 Å². The van der Waals surface area contributed by atoms with Crippen LogP contribution in [0.15, 0.2) is 42.7 Å². The molecule has 0 aliphatic rings. The molecule has 0 amide bonds. The van der Waals surface area contributed by atoms with Gasteiger partial charge in [-0.1, -0.05) is 12.1 Å². The minimum absolute atomic E-state index is 0.0725. The highest BCUT2D eigenvalue weighted by Gasteiger charge is 2.12. The van der Waals surface area contributed by atoms with Crippen molar-refractivity contribution in [3.05, 3.63) is 54.1 Å². The van der Waals surface area contributed by atoms with Crippen molar-refractivity contribution in [1.82, 2.24) is 9.97 Å². The number of rotatable bonds is 4. The molecule has 0 N–H and O–H groups in total. The smallest absolute Gasteiger partial charge is 0.230 e. The number of nitrogens with zero attached hydrogens (tertiary/aromatic N) is 2. The van der Waals surface area contributed by atoms with E-state index in [9.17, 15) is 4.79 Å². The Kier molecular flexibility index (Phi) is 3.67. The number of ether oxygens (including phenoxy) is 1. The fraction of sp³-hybridized carbons (Fsp3) is 0.214. The van der Waals surface area contributed by atoms with E-state index < -0.39 is 0 Å². The van der Waals surface area contributed by atoms with E-state index in [1.165, 1.54) is 0 Å². The van der Waals surface area contributed by atoms with Gasteiger partial charge in [0.25, 0.3) is 0 Å². The molecule has 2 aromatic rings. The van der Waals surface area contributed by atoms with Crippen molar-refractivity contribution in [3.63, 3.8) is 0 Å². The molecular weight excluding hydrogens is 228 g/mol. The Labute approximate surface area is 106 Å². The molecule has 0 fully saturated rings. The summed E-state index contributed by atoms with van der Waals surface area (Å²) in [4.78, 5) is 20.0. The first-order valence-electron chi connectivity index (χ1n) is 5.75. The highest BCUT2D eigenvalue weighted by molar-refractivity contribution is 6.06. The Hall–Kier alpha value is -2.23. The SMILES string of the molecule is CC(C)Oc1cccc(C(=O)c2ncccn2)c1. The summed E-state index contributed by atoms with van der Waals surface area (Å²) in [5.41, 5.74) is 0.527. The van der Waals surface area contributed by atoms with Crippen LogP contribution in [0.25, 0.3) is 0 Å². The number of carbonyl (C=O) groups is 1. The monoisotopic (exact) mass is 242 g/mol. The topological polar surface area (TPSA) is 52.1 Å². The molecular formula is C14H14N2O2. The second-order valence-corrected chi connectivity index (χ2v) is 4.10. The van der Waals surface area contributed by atoms with Crippen LogP contribution in [0, 0.1) is 0 Å². The summed E-state index contributed by atoms with van der Waals surface area (Å²) in [6.45, 7) is 3.88. The van der Waals surface area contributed by atoms with Gasteiger partial charge in [-0.05, 0) is 32.0 Å². The molecule has 1 aromatic heterocycles. The predicted octanol–water partition coefficient (Wildman–Crippen LogP) is 2.49. The van der Waals surface area contributed by atoms with Gasteiger partial charge in [0.05, 0.1) is 6.10 Å². The van der Waals surface area contributed by atoms with Crippen molar-refractivity contribution in [3.8, 4) is 5.75 Å². The van der Waals surface area contributed by atoms with Crippen molar-refractivity contribution in [2.45, 2.75) is 20.0 Å². The molecule has 18 heavy (non-hydrogen) atoms. The van der Waals surface area contributed by atoms with E-state index in [4.69, 9.17) is 4.74 Å². The van der Waals surface area contributed by atoms with Crippen LogP contribution < -0.4 is 4.74 Å². The van der Waals surface area contributed by atoms with E-state index >= 15 is 0 Å². The minimum atomic E-state index is -0.204. The van der Waals surface area contributed by atoms with Gasteiger partial charge in [0.2, 0.25) is 11.6 Å². The van der Waals surface area contributed by atoms with E-state index in [1.807, 2.05) is 19.9 Å². The highest BCUT2D eigenvalue weighted by Crippen LogP contribution is 2.16. The van der Waals surface area contributed by atoms with Gasteiger partial charge in [-0.2, -0.15) is 0 Å². The van der Waals surface area contributed by atoms with Gasteiger partial charge in [0.15, 0.2) is 0 Å². The van der Waals surface area contributed by atoms with Gasteiger partial charge in [0, 0.05) is 18.0 Å². The van der Waals surface area contributed by atoms with E-state index in [0.29, 0.717) is 11.3 Å². The maximum Gasteiger partial charge on any atom is 0.230 e. The molecule has 0 aliphatic heterocycles. The highest BCUT2D eigenvalue weighted by atomic mass is 16.5. The van der Waals surface area contributed by atoms with Crippen LogP contribution in [0.3, 0.4) is 0 Å². The van der Waals surface area contributed by atoms with Crippen LogP contribution in [0.5, 0.6) is 5.75 Å². The molecule has 0 atom stereocenters. The average molecular weight is 242 g/mol. The number of benzene rings is 1. The molecule has 92 valence electrons. The van der Waals surface area contributed by atoms with Crippen molar-refractivity contribution in [2.75, 3.05) is 0 Å². The van der Waals surface area contributed by atoms with Crippen molar-refractivity contribution in [1.29, 1.82) is 0 Å². The molecule has 0 unspecified atom stereocenters. The third-order valence-corrected chi connectivity index (χ3v) is 2.24. The first-order valence-corrected chi connectivity index (χ1v) is 5.75. The molecule has 0 radical (unpaired) electrons. The van der Waals surface area contributed by atoms with Crippen LogP contribution >= 0.6 is 0 Å². The molecule has 0 saturated carbocycles. The number of aromatic nitrogens is 2. The second kappa shape index (κ2) is 5.40. The third kappa shape index (κ3) is 2.91. The summed E-state index contributed by atoms with van der Waals surface area (Å²) in [6.07, 6.45) is 3.17. The molecule has 1 heterocycles. The van der Waals surface area contributed by atoms with Gasteiger partial charge < -0.3 is 4.74 Å². The summed E-state index contributed by atoms with van der Waals surface area (Å²) in [6, 6.07) is 8.72. The van der Waals surface area contributed by atoms with Gasteiger partial charge >= 0.3 is 0 Å². The Morgan fingerprint density at radius 3 is 2.56 bits per heavy atom. The summed E-state index contributed by atoms with van der Waals surface area (Å²) in [7, 11) is 0. The van der Waals surface area contributed by atoms with Crippen molar-refractivity contribution >= 4 is 5.78 Å². The fourth-order valence-electron chi connectivity index (χ4n) is 1.53. The average Bonchev–Trinajstić information content (AvgIpc) is 2.38. The fourth-order valence-corrected chi connectivity index (χ4v) is 1.53. The molecule has 0 saturated heterocycles. The standard InChI is InChI=1S/C14H14N2O2/c1-10(2)18-12-6-3-5-11(9-12)13(17)14-15-7-4-8-16-14/h3-10H,1-2H3. The Morgan fingerprint density at radius 2 is 1.89 bits per heavy atom. The van der Waals surface area contributed by atoms with Crippen LogP contribution in [0.1, 0.15) is 30.0 Å². The summed E-state index contributed by atoms with van der Waals surface area (Å²) >= 11 is 0. The lowest BCUT2D eigenvalue weighted by molar-refractivity contribution is 0.102. The molecule has 0 bridgehead atoms. The maximum atomic E-state index is 12.1. The minimum Gasteiger partial charge on any atom is -0.491 e. The summed E-state index contributed by atoms with van der Waals surface area (Å²) in [5, 5.41) is 0. The van der Waals surface area contributed by atoms with Gasteiger partial charge in [-0.15, -0.1) is 0 Å². The normalized spacial score (nSPS) is 10.4. The summed E-state index contributed by atoms with van der Waals surface area (Å²) in [5.74, 6) is 0.663. The van der Waals surface area contributed by atoms with E-state index in [-0.39, 0.29) is 17.7 Å². The van der Waals surface area contributed by atoms with E-state index in [0.717, 1.165) is 0 Å². The molecule has 4 nitrogen and oxygen atoms in total. The van der Waals surface area contributed by atoms with Crippen LogP contribution in [-0.2, 0) is 0 Å². The van der Waals surface area contributed by atoms with Gasteiger partial charge in [-0.3, -0.25) is 4.79 Å². The Bertz CT molecular complexity index is 539. The zero-order valence-electron chi connectivity index (χ0n) is 10.3. The number of carbonyl (C=O) groups excluding carboxylic acids is 1. The number of hydrogen-bond acceptors (Lipinski definition) is 4. The first-order chi connectivity index (χ1) is 8.66. The lowest BCUT2D eigenvalue weighted by Gasteiger charge is -2.10. The number of hydrogen-bond donors (Lipinski definition) is 0. The Balaban J connectivity index is 2.26. The van der Waals surface area contributed by atoms with Crippen molar-refractivity contribution < 1.29 is 9.53 Å². The largest absolute Gasteiger partial charge is 0.491 e. The quantitative estimate of drug-likeness (QED) is 0.773. The van der Waals surface area contributed by atoms with Gasteiger partial charge in [-0.25, -0.2) is 9.97 Å². The van der Waals surface area contributed by atoms with E-state index in [2.05, 4.69) is 9.97 Å². The molecule has 0 aliphatic carbocycles. The van der Waals surface area contributed by atoms with Crippen LogP contribution in [0.2, 0.25) is 0 Å². The third-order valence-electron chi connectivity index (χ3n) is 2.24. The summed E-state index contributed by atoms with van der Waals surface area (Å²) < 4.78 is 5.55. The zero-order chi connectivity index (χ0) is 13.0. The number of ketones is 1. The second-order valence-electron chi connectivity index (χ2n) is 4.10. The van der Waals surface area contributed by atoms with E-state index in [1.54, 1.807) is 36.7 Å². The van der Waals surface area contributed by atoms with Crippen LogP contribution in [-0.4, -0.2) is 21.9 Å².